The molecule has 2 aromatic rings. The summed E-state index contributed by atoms with van der Waals surface area (Å²) in [6.07, 6.45) is 1.02. The van der Waals surface area contributed by atoms with Gasteiger partial charge in [0.05, 0.1) is 11.9 Å². The molecule has 1 N–H and O–H groups in total. The van der Waals surface area contributed by atoms with Gasteiger partial charge < -0.3 is 5.32 Å². The lowest BCUT2D eigenvalue weighted by Crippen LogP contribution is -2.37. The van der Waals surface area contributed by atoms with Crippen LogP contribution in [0.4, 0.5) is 11.4 Å². The molecule has 0 aliphatic rings. The lowest BCUT2D eigenvalue weighted by Gasteiger charge is -2.22. The molecule has 0 saturated carbocycles. The Kier molecular flexibility index (Phi) is 5.58. The molecule has 0 atom stereocenters. The zero-order valence-electron chi connectivity index (χ0n) is 14.3. The van der Waals surface area contributed by atoms with E-state index in [4.69, 9.17) is 0 Å². The molecule has 132 valence electrons. The number of ketones is 1. The van der Waals surface area contributed by atoms with Gasteiger partial charge in [0.1, 0.15) is 6.54 Å². The molecule has 2 rings (SSSR count). The summed E-state index contributed by atoms with van der Waals surface area (Å²) in [5.74, 6) is -0.646. The SMILES string of the molecule is CC(=O)c1cccc(N(CC(=O)Nc2ccccc2C)S(C)(=O)=O)c1. The van der Waals surface area contributed by atoms with Crippen molar-refractivity contribution >= 4 is 33.1 Å². The van der Waals surface area contributed by atoms with Crippen molar-refractivity contribution in [3.8, 4) is 0 Å². The minimum Gasteiger partial charge on any atom is -0.324 e. The van der Waals surface area contributed by atoms with Crippen LogP contribution in [0.25, 0.3) is 0 Å². The Morgan fingerprint density at radius 3 is 2.36 bits per heavy atom. The second-order valence-corrected chi connectivity index (χ2v) is 7.65. The van der Waals surface area contributed by atoms with Crippen LogP contribution in [-0.4, -0.2) is 32.9 Å². The normalized spacial score (nSPS) is 11.0. The Morgan fingerprint density at radius 2 is 1.76 bits per heavy atom. The first-order chi connectivity index (χ1) is 11.7. The van der Waals surface area contributed by atoms with E-state index in [1.54, 1.807) is 30.3 Å². The van der Waals surface area contributed by atoms with E-state index in [0.29, 0.717) is 11.3 Å². The lowest BCUT2D eigenvalue weighted by atomic mass is 10.1. The van der Waals surface area contributed by atoms with Crippen LogP contribution in [0.3, 0.4) is 0 Å². The quantitative estimate of drug-likeness (QED) is 0.803. The van der Waals surface area contributed by atoms with E-state index >= 15 is 0 Å². The maximum Gasteiger partial charge on any atom is 0.245 e. The summed E-state index contributed by atoms with van der Waals surface area (Å²) in [5, 5.41) is 2.71. The molecule has 0 fully saturated rings. The maximum atomic E-state index is 12.3. The number of para-hydroxylation sites is 1. The number of hydrogen-bond acceptors (Lipinski definition) is 4. The molecule has 0 bridgehead atoms. The first-order valence-corrected chi connectivity index (χ1v) is 9.47. The first kappa shape index (κ1) is 18.7. The van der Waals surface area contributed by atoms with Crippen molar-refractivity contribution in [3.05, 3.63) is 59.7 Å². The molecular formula is C18H20N2O4S. The summed E-state index contributed by atoms with van der Waals surface area (Å²) in [7, 11) is -3.70. The number of hydrogen-bond donors (Lipinski definition) is 1. The smallest absolute Gasteiger partial charge is 0.245 e. The molecule has 0 aliphatic heterocycles. The van der Waals surface area contributed by atoms with Gasteiger partial charge >= 0.3 is 0 Å². The van der Waals surface area contributed by atoms with E-state index in [2.05, 4.69) is 5.32 Å². The summed E-state index contributed by atoms with van der Waals surface area (Å²) in [4.78, 5) is 23.9. The number of amides is 1. The Labute approximate surface area is 147 Å². The number of carbonyl (C=O) groups is 2. The topological polar surface area (TPSA) is 83.6 Å². The molecule has 25 heavy (non-hydrogen) atoms. The van der Waals surface area contributed by atoms with Gasteiger partial charge in [0, 0.05) is 11.3 Å². The highest BCUT2D eigenvalue weighted by Crippen LogP contribution is 2.20. The molecule has 7 heteroatoms. The van der Waals surface area contributed by atoms with E-state index in [1.807, 2.05) is 19.1 Å². The number of aryl methyl sites for hydroxylation is 1. The summed E-state index contributed by atoms with van der Waals surface area (Å²) in [6, 6.07) is 13.4. The van der Waals surface area contributed by atoms with Crippen LogP contribution in [0.1, 0.15) is 22.8 Å². The van der Waals surface area contributed by atoms with E-state index < -0.39 is 15.9 Å². The number of sulfonamides is 1. The van der Waals surface area contributed by atoms with Crippen LogP contribution in [0.2, 0.25) is 0 Å². The summed E-state index contributed by atoms with van der Waals surface area (Å²) in [5.41, 5.74) is 2.15. The third-order valence-corrected chi connectivity index (χ3v) is 4.79. The number of nitrogens with zero attached hydrogens (tertiary/aromatic N) is 1. The van der Waals surface area contributed by atoms with Crippen LogP contribution in [0.5, 0.6) is 0 Å². The Bertz CT molecular complexity index is 907. The lowest BCUT2D eigenvalue weighted by molar-refractivity contribution is -0.114. The molecule has 0 radical (unpaired) electrons. The van der Waals surface area contributed by atoms with Crippen LogP contribution in [0.15, 0.2) is 48.5 Å². The minimum atomic E-state index is -3.70. The van der Waals surface area contributed by atoms with Gasteiger partial charge in [-0.25, -0.2) is 8.42 Å². The summed E-state index contributed by atoms with van der Waals surface area (Å²) >= 11 is 0. The second kappa shape index (κ2) is 7.48. The molecule has 6 nitrogen and oxygen atoms in total. The van der Waals surface area contributed by atoms with Crippen LogP contribution in [0, 0.1) is 6.92 Å². The standard InChI is InChI=1S/C18H20N2O4S/c1-13-7-4-5-10-17(13)19-18(22)12-20(25(3,23)24)16-9-6-8-15(11-16)14(2)21/h4-11H,12H2,1-3H3,(H,19,22). The third kappa shape index (κ3) is 4.90. The zero-order valence-corrected chi connectivity index (χ0v) is 15.1. The fraction of sp³-hybridized carbons (Fsp3) is 0.222. The molecular weight excluding hydrogens is 340 g/mol. The second-order valence-electron chi connectivity index (χ2n) is 5.74. The van der Waals surface area contributed by atoms with Crippen LogP contribution in [-0.2, 0) is 14.8 Å². The number of carbonyl (C=O) groups excluding carboxylic acids is 2. The molecule has 0 saturated heterocycles. The molecule has 0 heterocycles. The first-order valence-electron chi connectivity index (χ1n) is 7.62. The van der Waals surface area contributed by atoms with Gasteiger partial charge in [-0.05, 0) is 37.6 Å². The number of rotatable bonds is 6. The summed E-state index contributed by atoms with van der Waals surface area (Å²) in [6.45, 7) is 2.86. The summed E-state index contributed by atoms with van der Waals surface area (Å²) < 4.78 is 25.2. The van der Waals surface area contributed by atoms with Crippen molar-refractivity contribution in [1.82, 2.24) is 0 Å². The highest BCUT2D eigenvalue weighted by atomic mass is 32.2. The molecule has 1 amide bonds. The van der Waals surface area contributed by atoms with Crippen molar-refractivity contribution in [3.63, 3.8) is 0 Å². The van der Waals surface area contributed by atoms with Gasteiger partial charge in [0.2, 0.25) is 15.9 Å². The zero-order chi connectivity index (χ0) is 18.6. The minimum absolute atomic E-state index is 0.181. The highest BCUT2D eigenvalue weighted by Gasteiger charge is 2.21. The fourth-order valence-electron chi connectivity index (χ4n) is 2.31. The fourth-order valence-corrected chi connectivity index (χ4v) is 3.16. The average Bonchev–Trinajstić information content (AvgIpc) is 2.54. The van der Waals surface area contributed by atoms with E-state index in [1.165, 1.54) is 13.0 Å². The predicted octanol–water partition coefficient (Wildman–Crippen LogP) is 2.60. The van der Waals surface area contributed by atoms with Crippen molar-refractivity contribution < 1.29 is 18.0 Å². The number of anilines is 2. The predicted molar refractivity (Wildman–Crippen MR) is 98.4 cm³/mol. The maximum absolute atomic E-state index is 12.3. The molecule has 0 aromatic heterocycles. The highest BCUT2D eigenvalue weighted by molar-refractivity contribution is 7.92. The van der Waals surface area contributed by atoms with Crippen molar-refractivity contribution in [2.24, 2.45) is 0 Å². The van der Waals surface area contributed by atoms with Crippen molar-refractivity contribution in [1.29, 1.82) is 0 Å². The van der Waals surface area contributed by atoms with Crippen molar-refractivity contribution in [2.45, 2.75) is 13.8 Å². The van der Waals surface area contributed by atoms with Crippen LogP contribution >= 0.6 is 0 Å². The molecule has 2 aromatic carbocycles. The Morgan fingerprint density at radius 1 is 1.08 bits per heavy atom. The van der Waals surface area contributed by atoms with Gasteiger partial charge in [-0.2, -0.15) is 0 Å². The third-order valence-electron chi connectivity index (χ3n) is 3.65. The monoisotopic (exact) mass is 360 g/mol. The number of nitrogens with one attached hydrogen (secondary N) is 1. The van der Waals surface area contributed by atoms with Gasteiger partial charge in [-0.1, -0.05) is 30.3 Å². The average molecular weight is 360 g/mol. The van der Waals surface area contributed by atoms with Gasteiger partial charge in [0.15, 0.2) is 5.78 Å². The number of benzene rings is 2. The molecule has 0 unspecified atom stereocenters. The Balaban J connectivity index is 2.27. The molecule has 0 spiro atoms. The van der Waals surface area contributed by atoms with Crippen LogP contribution < -0.4 is 9.62 Å². The largest absolute Gasteiger partial charge is 0.324 e. The van der Waals surface area contributed by atoms with Gasteiger partial charge in [-0.3, -0.25) is 13.9 Å². The Hall–Kier alpha value is -2.67. The van der Waals surface area contributed by atoms with E-state index in [0.717, 1.165) is 16.1 Å². The van der Waals surface area contributed by atoms with E-state index in [-0.39, 0.29) is 18.0 Å². The van der Waals surface area contributed by atoms with Gasteiger partial charge in [-0.15, -0.1) is 0 Å². The molecule has 0 aliphatic carbocycles. The van der Waals surface area contributed by atoms with Crippen molar-refractivity contribution in [2.75, 3.05) is 22.4 Å². The van der Waals surface area contributed by atoms with E-state index in [9.17, 15) is 18.0 Å². The number of Topliss-reactive ketones (excluding diaryl/α,β-unsaturated/α-hetero) is 1. The van der Waals surface area contributed by atoms with Gasteiger partial charge in [0.25, 0.3) is 0 Å².